The zero-order valence-corrected chi connectivity index (χ0v) is 26.2. The Bertz CT molecular complexity index is 811. The van der Waals surface area contributed by atoms with Gasteiger partial charge in [-0.05, 0) is 12.8 Å². The quantitative estimate of drug-likeness (QED) is 0.0670. The Kier molecular flexibility index (Phi) is 24.3. The van der Waals surface area contributed by atoms with E-state index in [0.717, 1.165) is 51.4 Å². The van der Waals surface area contributed by atoms with E-state index in [2.05, 4.69) is 30.6 Å². The lowest BCUT2D eigenvalue weighted by Gasteiger charge is -2.05. The molecule has 0 aromatic heterocycles. The standard InChI is InChI=1S/C28H52O10S2/c1-3-5-7-9-11-13-15-17-19-21-25-35-39(31,32)37-27(29)23-24-28(30)38-40(33,34)36-26-22-20-18-16-14-12-10-8-6-4-2/h23-24H,3-22,25-26H2,1-2H3/b24-23-. The van der Waals surface area contributed by atoms with Crippen molar-refractivity contribution in [3.8, 4) is 0 Å². The van der Waals surface area contributed by atoms with Crippen molar-refractivity contribution >= 4 is 32.7 Å². The number of hydrogen-bond acceptors (Lipinski definition) is 10. The van der Waals surface area contributed by atoms with Crippen molar-refractivity contribution in [1.82, 2.24) is 0 Å². The second kappa shape index (κ2) is 25.2. The van der Waals surface area contributed by atoms with E-state index in [-0.39, 0.29) is 13.2 Å². The highest BCUT2D eigenvalue weighted by molar-refractivity contribution is 7.82. The smallest absolute Gasteiger partial charge is 0.321 e. The van der Waals surface area contributed by atoms with Gasteiger partial charge in [-0.1, -0.05) is 129 Å². The van der Waals surface area contributed by atoms with Crippen LogP contribution in [0.5, 0.6) is 0 Å². The van der Waals surface area contributed by atoms with Crippen LogP contribution in [0.4, 0.5) is 0 Å². The summed E-state index contributed by atoms with van der Waals surface area (Å²) in [5.74, 6) is -2.85. The summed E-state index contributed by atoms with van der Waals surface area (Å²) in [6, 6.07) is 0. The fourth-order valence-corrected chi connectivity index (χ4v) is 5.20. The van der Waals surface area contributed by atoms with Crippen LogP contribution in [0.2, 0.25) is 0 Å². The van der Waals surface area contributed by atoms with Crippen LogP contribution in [-0.4, -0.2) is 42.0 Å². The Morgan fingerprint density at radius 2 is 0.700 bits per heavy atom. The van der Waals surface area contributed by atoms with Crippen LogP contribution in [-0.2, 0) is 47.1 Å². The molecule has 10 nitrogen and oxygen atoms in total. The molecule has 0 aromatic carbocycles. The molecular formula is C28H52O10S2. The number of hydrogen-bond donors (Lipinski definition) is 0. The molecule has 0 spiro atoms. The first-order valence-electron chi connectivity index (χ1n) is 15.1. The van der Waals surface area contributed by atoms with Crippen LogP contribution in [0.1, 0.15) is 142 Å². The van der Waals surface area contributed by atoms with Gasteiger partial charge in [-0.2, -0.15) is 16.8 Å². The first-order valence-corrected chi connectivity index (χ1v) is 17.7. The van der Waals surface area contributed by atoms with E-state index < -0.39 is 32.7 Å². The molecule has 236 valence electrons. The third-order valence-electron chi connectivity index (χ3n) is 6.18. The molecule has 0 heterocycles. The minimum Gasteiger partial charge on any atom is -0.321 e. The van der Waals surface area contributed by atoms with Crippen LogP contribution in [0.15, 0.2) is 12.2 Å². The van der Waals surface area contributed by atoms with E-state index in [1.54, 1.807) is 0 Å². The molecule has 0 fully saturated rings. The van der Waals surface area contributed by atoms with Crippen molar-refractivity contribution in [3.63, 3.8) is 0 Å². The van der Waals surface area contributed by atoms with Crippen molar-refractivity contribution in [3.05, 3.63) is 12.2 Å². The molecule has 0 aromatic rings. The van der Waals surface area contributed by atoms with E-state index in [1.165, 1.54) is 64.2 Å². The summed E-state index contributed by atoms with van der Waals surface area (Å²) in [5.41, 5.74) is 0. The first kappa shape index (κ1) is 38.5. The lowest BCUT2D eigenvalue weighted by atomic mass is 10.1. The molecule has 0 saturated heterocycles. The second-order valence-corrected chi connectivity index (χ2v) is 12.4. The third kappa shape index (κ3) is 26.7. The van der Waals surface area contributed by atoms with Gasteiger partial charge in [0, 0.05) is 12.2 Å². The van der Waals surface area contributed by atoms with E-state index in [0.29, 0.717) is 25.0 Å². The van der Waals surface area contributed by atoms with E-state index >= 15 is 0 Å². The first-order chi connectivity index (χ1) is 19.1. The number of carbonyl (C=O) groups excluding carboxylic acids is 2. The van der Waals surface area contributed by atoms with Crippen LogP contribution in [0.3, 0.4) is 0 Å². The zero-order chi connectivity index (χ0) is 30.0. The molecule has 12 heteroatoms. The summed E-state index contributed by atoms with van der Waals surface area (Å²) in [4.78, 5) is 23.3. The number of unbranched alkanes of at least 4 members (excludes halogenated alkanes) is 18. The summed E-state index contributed by atoms with van der Waals surface area (Å²) < 4.78 is 64.5. The van der Waals surface area contributed by atoms with Gasteiger partial charge in [-0.15, -0.1) is 0 Å². The lowest BCUT2D eigenvalue weighted by Crippen LogP contribution is -2.17. The van der Waals surface area contributed by atoms with Crippen molar-refractivity contribution in [1.29, 1.82) is 0 Å². The molecule has 0 aliphatic heterocycles. The number of carbonyl (C=O) groups is 2. The fourth-order valence-electron chi connectivity index (χ4n) is 3.94. The average Bonchev–Trinajstić information content (AvgIpc) is 2.88. The third-order valence-corrected chi connectivity index (χ3v) is 7.82. The lowest BCUT2D eigenvalue weighted by molar-refractivity contribution is -0.131. The maximum Gasteiger partial charge on any atom is 0.451 e. The minimum absolute atomic E-state index is 0.132. The van der Waals surface area contributed by atoms with Gasteiger partial charge in [0.05, 0.1) is 13.2 Å². The normalized spacial score (nSPS) is 12.2. The Balaban J connectivity index is 3.96. The van der Waals surface area contributed by atoms with Crippen molar-refractivity contribution in [2.75, 3.05) is 13.2 Å². The highest BCUT2D eigenvalue weighted by Crippen LogP contribution is 2.12. The van der Waals surface area contributed by atoms with Gasteiger partial charge in [0.25, 0.3) is 0 Å². The topological polar surface area (TPSA) is 139 Å². The van der Waals surface area contributed by atoms with E-state index in [9.17, 15) is 26.4 Å². The van der Waals surface area contributed by atoms with Gasteiger partial charge < -0.3 is 8.37 Å². The predicted octanol–water partition coefficient (Wildman–Crippen LogP) is 6.99. The molecule has 0 bridgehead atoms. The maximum atomic E-state index is 11.7. The Hall–Kier alpha value is -1.50. The SMILES string of the molecule is CCCCCCCCCCCCOS(=O)(=O)OC(=O)/C=C\C(=O)OS(=O)(=O)OCCCCCCCCCCCC. The summed E-state index contributed by atoms with van der Waals surface area (Å²) in [5, 5.41) is 0. The summed E-state index contributed by atoms with van der Waals surface area (Å²) in [6.07, 6.45) is 22.3. The van der Waals surface area contributed by atoms with Gasteiger partial charge in [0.1, 0.15) is 0 Å². The molecule has 0 saturated carbocycles. The molecule has 0 rings (SSSR count). The van der Waals surface area contributed by atoms with E-state index in [4.69, 9.17) is 0 Å². The predicted molar refractivity (Wildman–Crippen MR) is 155 cm³/mol. The fraction of sp³-hybridized carbons (Fsp3) is 0.857. The monoisotopic (exact) mass is 612 g/mol. The van der Waals surface area contributed by atoms with Crippen molar-refractivity contribution in [2.45, 2.75) is 142 Å². The summed E-state index contributed by atoms with van der Waals surface area (Å²) in [7, 11) is -9.20. The van der Waals surface area contributed by atoms with Gasteiger partial charge in [-0.25, -0.2) is 18.0 Å². The maximum absolute atomic E-state index is 11.7. The molecule has 0 radical (unpaired) electrons. The Morgan fingerprint density at radius 1 is 0.450 bits per heavy atom. The van der Waals surface area contributed by atoms with Crippen LogP contribution in [0, 0.1) is 0 Å². The van der Waals surface area contributed by atoms with Crippen LogP contribution >= 0.6 is 0 Å². The highest BCUT2D eigenvalue weighted by Gasteiger charge is 2.19. The summed E-state index contributed by atoms with van der Waals surface area (Å²) >= 11 is 0. The van der Waals surface area contributed by atoms with Gasteiger partial charge in [0.15, 0.2) is 0 Å². The molecular weight excluding hydrogens is 560 g/mol. The van der Waals surface area contributed by atoms with Gasteiger partial charge in [0.2, 0.25) is 0 Å². The van der Waals surface area contributed by atoms with Gasteiger partial charge >= 0.3 is 32.7 Å². The Morgan fingerprint density at radius 3 is 0.975 bits per heavy atom. The molecule has 40 heavy (non-hydrogen) atoms. The minimum atomic E-state index is -4.60. The summed E-state index contributed by atoms with van der Waals surface area (Å²) in [6.45, 7) is 4.10. The molecule has 0 unspecified atom stereocenters. The second-order valence-electron chi connectivity index (χ2n) is 9.96. The molecule has 0 atom stereocenters. The van der Waals surface area contributed by atoms with Crippen molar-refractivity contribution < 1.29 is 43.2 Å². The van der Waals surface area contributed by atoms with E-state index in [1.807, 2.05) is 0 Å². The molecule has 0 N–H and O–H groups in total. The zero-order valence-electron chi connectivity index (χ0n) is 24.6. The van der Waals surface area contributed by atoms with Gasteiger partial charge in [-0.3, -0.25) is 0 Å². The van der Waals surface area contributed by atoms with Crippen LogP contribution in [0.25, 0.3) is 0 Å². The number of rotatable bonds is 28. The molecule has 0 aliphatic rings. The largest absolute Gasteiger partial charge is 0.451 e. The highest BCUT2D eigenvalue weighted by atomic mass is 32.3. The average molecular weight is 613 g/mol. The molecule has 0 aliphatic carbocycles. The molecule has 0 amide bonds. The van der Waals surface area contributed by atoms with Crippen molar-refractivity contribution in [2.24, 2.45) is 0 Å². The Labute approximate surface area is 243 Å². The van der Waals surface area contributed by atoms with Crippen LogP contribution < -0.4 is 0 Å².